The number of rotatable bonds is 3. The second-order valence-corrected chi connectivity index (χ2v) is 6.05. The Morgan fingerprint density at radius 3 is 2.25 bits per heavy atom. The van der Waals surface area contributed by atoms with Crippen molar-refractivity contribution in [3.05, 3.63) is 0 Å². The molecule has 0 amide bonds. The van der Waals surface area contributed by atoms with Gasteiger partial charge in [-0.15, -0.1) is 0 Å². The molecule has 3 aliphatic rings. The molecule has 92 valence electrons. The van der Waals surface area contributed by atoms with Crippen molar-refractivity contribution in [1.29, 1.82) is 0 Å². The van der Waals surface area contributed by atoms with E-state index in [0.29, 0.717) is 5.92 Å². The van der Waals surface area contributed by atoms with Crippen LogP contribution in [0.2, 0.25) is 0 Å². The third-order valence-electron chi connectivity index (χ3n) is 5.08. The third kappa shape index (κ3) is 2.14. The van der Waals surface area contributed by atoms with Crippen LogP contribution in [0.15, 0.2) is 0 Å². The minimum absolute atomic E-state index is 0.00352. The van der Waals surface area contributed by atoms with Crippen molar-refractivity contribution in [1.82, 2.24) is 0 Å². The summed E-state index contributed by atoms with van der Waals surface area (Å²) in [5, 5.41) is 10.3. The van der Waals surface area contributed by atoms with Gasteiger partial charge in [0.05, 0.1) is 6.10 Å². The lowest BCUT2D eigenvalue weighted by molar-refractivity contribution is 0.0366. The van der Waals surface area contributed by atoms with E-state index in [0.717, 1.165) is 37.4 Å². The van der Waals surface area contributed by atoms with Crippen LogP contribution in [-0.2, 0) is 4.74 Å². The van der Waals surface area contributed by atoms with Crippen LogP contribution in [0.3, 0.4) is 0 Å². The summed E-state index contributed by atoms with van der Waals surface area (Å²) < 4.78 is 5.37. The van der Waals surface area contributed by atoms with Crippen molar-refractivity contribution in [2.45, 2.75) is 51.0 Å². The fourth-order valence-corrected chi connectivity index (χ4v) is 4.10. The molecule has 2 saturated carbocycles. The van der Waals surface area contributed by atoms with Gasteiger partial charge in [-0.25, -0.2) is 0 Å². The number of hydrogen-bond acceptors (Lipinski definition) is 2. The van der Waals surface area contributed by atoms with Gasteiger partial charge in [-0.3, -0.25) is 0 Å². The maximum Gasteiger partial charge on any atom is 0.0576 e. The van der Waals surface area contributed by atoms with Gasteiger partial charge in [0.15, 0.2) is 0 Å². The summed E-state index contributed by atoms with van der Waals surface area (Å²) in [5.41, 5.74) is 0. The topological polar surface area (TPSA) is 29.5 Å². The normalized spacial score (nSPS) is 41.4. The molecule has 2 aliphatic carbocycles. The van der Waals surface area contributed by atoms with Gasteiger partial charge in [0.1, 0.15) is 0 Å². The van der Waals surface area contributed by atoms with Gasteiger partial charge in [-0.1, -0.05) is 12.8 Å². The molecule has 0 aromatic heterocycles. The van der Waals surface area contributed by atoms with Gasteiger partial charge in [-0.2, -0.15) is 0 Å². The van der Waals surface area contributed by atoms with Crippen molar-refractivity contribution in [2.75, 3.05) is 13.2 Å². The highest BCUT2D eigenvalue weighted by molar-refractivity contribution is 5.02. The van der Waals surface area contributed by atoms with Crippen LogP contribution in [-0.4, -0.2) is 24.4 Å². The summed E-state index contributed by atoms with van der Waals surface area (Å²) in [6.45, 7) is 1.82. The Balaban J connectivity index is 1.48. The average Bonchev–Trinajstić information content (AvgIpc) is 3.04. The standard InChI is InChI=1S/C14H24O2/c15-13(9-10-5-7-16-8-6-10)14-11-3-1-2-4-12(11)14/h10-15H,1-9H2. The van der Waals surface area contributed by atoms with Crippen molar-refractivity contribution in [2.24, 2.45) is 23.7 Å². The highest BCUT2D eigenvalue weighted by atomic mass is 16.5. The molecule has 0 aromatic carbocycles. The molecule has 0 radical (unpaired) electrons. The zero-order chi connectivity index (χ0) is 11.0. The average molecular weight is 224 g/mol. The number of ether oxygens (including phenoxy) is 1. The Morgan fingerprint density at radius 2 is 1.62 bits per heavy atom. The molecular weight excluding hydrogens is 200 g/mol. The van der Waals surface area contributed by atoms with Crippen molar-refractivity contribution in [3.63, 3.8) is 0 Å². The van der Waals surface area contributed by atoms with E-state index in [-0.39, 0.29) is 6.10 Å². The van der Waals surface area contributed by atoms with Gasteiger partial charge in [0, 0.05) is 13.2 Å². The Labute approximate surface area is 98.4 Å². The summed E-state index contributed by atoms with van der Waals surface area (Å²) in [4.78, 5) is 0. The Hall–Kier alpha value is -0.0800. The number of aliphatic hydroxyl groups excluding tert-OH is 1. The molecule has 3 fully saturated rings. The monoisotopic (exact) mass is 224 g/mol. The fourth-order valence-electron chi connectivity index (χ4n) is 4.10. The lowest BCUT2D eigenvalue weighted by atomic mass is 9.91. The van der Waals surface area contributed by atoms with Crippen molar-refractivity contribution in [3.8, 4) is 0 Å². The van der Waals surface area contributed by atoms with Crippen LogP contribution < -0.4 is 0 Å². The molecule has 1 heterocycles. The lowest BCUT2D eigenvalue weighted by Crippen LogP contribution is -2.22. The number of aliphatic hydroxyl groups is 1. The van der Waals surface area contributed by atoms with E-state index in [4.69, 9.17) is 4.74 Å². The van der Waals surface area contributed by atoms with Crippen LogP contribution in [0.25, 0.3) is 0 Å². The Bertz CT molecular complexity index is 223. The predicted molar refractivity (Wildman–Crippen MR) is 63.1 cm³/mol. The van der Waals surface area contributed by atoms with E-state index in [2.05, 4.69) is 0 Å². The quantitative estimate of drug-likeness (QED) is 0.798. The van der Waals surface area contributed by atoms with Crippen LogP contribution >= 0.6 is 0 Å². The molecule has 2 heteroatoms. The van der Waals surface area contributed by atoms with Gasteiger partial charge in [0.25, 0.3) is 0 Å². The second-order valence-electron chi connectivity index (χ2n) is 6.05. The van der Waals surface area contributed by atoms with E-state index >= 15 is 0 Å². The van der Waals surface area contributed by atoms with Crippen LogP contribution in [0, 0.1) is 23.7 Å². The fraction of sp³-hybridized carbons (Fsp3) is 1.00. The molecule has 1 N–H and O–H groups in total. The van der Waals surface area contributed by atoms with Gasteiger partial charge in [0.2, 0.25) is 0 Å². The molecule has 1 aliphatic heterocycles. The largest absolute Gasteiger partial charge is 0.393 e. The van der Waals surface area contributed by atoms with E-state index < -0.39 is 0 Å². The highest BCUT2D eigenvalue weighted by Gasteiger charge is 2.53. The van der Waals surface area contributed by atoms with E-state index in [1.54, 1.807) is 0 Å². The maximum atomic E-state index is 10.3. The Kier molecular flexibility index (Phi) is 3.21. The first-order valence-corrected chi connectivity index (χ1v) is 7.12. The molecule has 0 spiro atoms. The van der Waals surface area contributed by atoms with E-state index in [9.17, 15) is 5.11 Å². The summed E-state index contributed by atoms with van der Waals surface area (Å²) in [7, 11) is 0. The van der Waals surface area contributed by atoms with E-state index in [1.165, 1.54) is 38.5 Å². The first-order chi connectivity index (χ1) is 7.86. The Morgan fingerprint density at radius 1 is 1.00 bits per heavy atom. The first kappa shape index (κ1) is 11.0. The molecular formula is C14H24O2. The maximum absolute atomic E-state index is 10.3. The van der Waals surface area contributed by atoms with Gasteiger partial charge >= 0.3 is 0 Å². The van der Waals surface area contributed by atoms with E-state index in [1.807, 2.05) is 0 Å². The first-order valence-electron chi connectivity index (χ1n) is 7.12. The molecule has 3 unspecified atom stereocenters. The minimum Gasteiger partial charge on any atom is -0.393 e. The summed E-state index contributed by atoms with van der Waals surface area (Å²) in [5.74, 6) is 3.18. The van der Waals surface area contributed by atoms with Crippen molar-refractivity contribution >= 4 is 0 Å². The minimum atomic E-state index is -0.00352. The smallest absolute Gasteiger partial charge is 0.0576 e. The summed E-state index contributed by atoms with van der Waals surface area (Å²) >= 11 is 0. The molecule has 3 rings (SSSR count). The van der Waals surface area contributed by atoms with Gasteiger partial charge in [-0.05, 0) is 55.8 Å². The number of fused-ring (bicyclic) bond motifs is 1. The molecule has 1 saturated heterocycles. The SMILES string of the molecule is OC(CC1CCOCC1)C1C2CCCCC21. The van der Waals surface area contributed by atoms with Crippen molar-refractivity contribution < 1.29 is 9.84 Å². The lowest BCUT2D eigenvalue weighted by Gasteiger charge is -2.24. The van der Waals surface area contributed by atoms with Crippen LogP contribution in [0.1, 0.15) is 44.9 Å². The van der Waals surface area contributed by atoms with Gasteiger partial charge < -0.3 is 9.84 Å². The third-order valence-corrected chi connectivity index (χ3v) is 5.08. The zero-order valence-corrected chi connectivity index (χ0v) is 10.1. The second kappa shape index (κ2) is 4.66. The van der Waals surface area contributed by atoms with Crippen LogP contribution in [0.5, 0.6) is 0 Å². The molecule has 0 bridgehead atoms. The molecule has 2 nitrogen and oxygen atoms in total. The molecule has 16 heavy (non-hydrogen) atoms. The summed E-state index contributed by atoms with van der Waals surface area (Å²) in [6, 6.07) is 0. The molecule has 3 atom stereocenters. The molecule has 0 aromatic rings. The van der Waals surface area contributed by atoms with Crippen LogP contribution in [0.4, 0.5) is 0 Å². The highest BCUT2D eigenvalue weighted by Crippen LogP contribution is 2.57. The predicted octanol–water partition coefficient (Wildman–Crippen LogP) is 2.60. The number of hydrogen-bond donors (Lipinski definition) is 1. The zero-order valence-electron chi connectivity index (χ0n) is 10.1. The summed E-state index contributed by atoms with van der Waals surface area (Å²) in [6.07, 6.45) is 8.96.